The van der Waals surface area contributed by atoms with Gasteiger partial charge in [0.05, 0.1) is 19.0 Å². The Labute approximate surface area is 91.4 Å². The van der Waals surface area contributed by atoms with Crippen LogP contribution in [0.1, 0.15) is 5.82 Å². The Hall–Kier alpha value is -1.55. The van der Waals surface area contributed by atoms with E-state index < -0.39 is 0 Å². The lowest BCUT2D eigenvalue weighted by Gasteiger charge is -2.01. The zero-order chi connectivity index (χ0) is 10.8. The van der Waals surface area contributed by atoms with Crippen LogP contribution in [0.2, 0.25) is 5.15 Å². The second-order valence-electron chi connectivity index (χ2n) is 3.01. The maximum Gasteiger partial charge on any atom is 0.155 e. The van der Waals surface area contributed by atoms with Gasteiger partial charge in [0.1, 0.15) is 17.9 Å². The zero-order valence-electron chi connectivity index (χ0n) is 8.11. The van der Waals surface area contributed by atoms with Crippen molar-refractivity contribution in [3.63, 3.8) is 0 Å². The molecule has 2 aromatic rings. The molecule has 0 spiro atoms. The lowest BCUT2D eigenvalue weighted by atomic mass is 10.4. The van der Waals surface area contributed by atoms with Crippen molar-refractivity contribution >= 4 is 23.4 Å². The van der Waals surface area contributed by atoms with Crippen molar-refractivity contribution in [2.75, 3.05) is 7.11 Å². The number of carbonyl (C=O) groups excluding carboxylic acids is 1. The number of hydrogen-bond acceptors (Lipinski definition) is 3. The van der Waals surface area contributed by atoms with Crippen LogP contribution in [0.4, 0.5) is 0 Å². The third kappa shape index (κ3) is 1.68. The number of carbonyl (C=O) groups is 1. The molecule has 78 valence electrons. The Morgan fingerprint density at radius 3 is 3.13 bits per heavy atom. The van der Waals surface area contributed by atoms with Crippen molar-refractivity contribution in [1.29, 1.82) is 0 Å². The molecule has 0 aliphatic rings. The minimum absolute atomic E-state index is 0.250. The van der Waals surface area contributed by atoms with Gasteiger partial charge < -0.3 is 13.9 Å². The van der Waals surface area contributed by atoms with Crippen LogP contribution in [0.25, 0.3) is 5.52 Å². The molecular formula is C10H9ClN2O2. The highest BCUT2D eigenvalue weighted by Gasteiger charge is 2.09. The molecule has 0 N–H and O–H groups in total. The molecule has 0 unspecified atom stereocenters. The first-order valence-electron chi connectivity index (χ1n) is 4.40. The van der Waals surface area contributed by atoms with E-state index in [1.54, 1.807) is 29.8 Å². The van der Waals surface area contributed by atoms with E-state index in [1.807, 2.05) is 0 Å². The molecule has 2 rings (SSSR count). The van der Waals surface area contributed by atoms with E-state index in [9.17, 15) is 4.79 Å². The molecule has 0 aromatic carbocycles. The standard InChI is InChI=1S/C10H9ClN2O2/c1-15-7-2-4-13-8(6-7)10(11)12-9(13)3-5-14/h2,4-6H,3H2,1H3. The molecule has 0 aliphatic heterocycles. The first-order valence-corrected chi connectivity index (χ1v) is 4.78. The van der Waals surface area contributed by atoms with Gasteiger partial charge in [-0.2, -0.15) is 0 Å². The largest absolute Gasteiger partial charge is 0.497 e. The Morgan fingerprint density at radius 1 is 1.67 bits per heavy atom. The highest BCUT2D eigenvalue weighted by molar-refractivity contribution is 6.32. The van der Waals surface area contributed by atoms with Gasteiger partial charge in [-0.05, 0) is 6.07 Å². The van der Waals surface area contributed by atoms with Crippen LogP contribution in [0.5, 0.6) is 5.75 Å². The Morgan fingerprint density at radius 2 is 2.47 bits per heavy atom. The monoisotopic (exact) mass is 224 g/mol. The number of halogens is 1. The van der Waals surface area contributed by atoms with Crippen molar-refractivity contribution in [2.24, 2.45) is 0 Å². The molecule has 2 heterocycles. The third-order valence-corrected chi connectivity index (χ3v) is 2.42. The van der Waals surface area contributed by atoms with Crippen LogP contribution in [0.15, 0.2) is 18.3 Å². The molecule has 0 saturated carbocycles. The normalized spacial score (nSPS) is 10.5. The number of fused-ring (bicyclic) bond motifs is 1. The fourth-order valence-electron chi connectivity index (χ4n) is 1.43. The maximum atomic E-state index is 10.4. The summed E-state index contributed by atoms with van der Waals surface area (Å²) in [5.74, 6) is 1.34. The van der Waals surface area contributed by atoms with Gasteiger partial charge in [0.25, 0.3) is 0 Å². The summed E-state index contributed by atoms with van der Waals surface area (Å²) in [5.41, 5.74) is 0.743. The number of nitrogens with zero attached hydrogens (tertiary/aromatic N) is 2. The van der Waals surface area contributed by atoms with Crippen molar-refractivity contribution in [2.45, 2.75) is 6.42 Å². The van der Waals surface area contributed by atoms with Crippen LogP contribution in [0.3, 0.4) is 0 Å². The number of aromatic nitrogens is 2. The predicted molar refractivity (Wildman–Crippen MR) is 56.5 cm³/mol. The fraction of sp³-hybridized carbons (Fsp3) is 0.200. The van der Waals surface area contributed by atoms with Crippen molar-refractivity contribution in [3.8, 4) is 5.75 Å². The van der Waals surface area contributed by atoms with Crippen LogP contribution in [-0.4, -0.2) is 22.8 Å². The van der Waals surface area contributed by atoms with E-state index >= 15 is 0 Å². The van der Waals surface area contributed by atoms with Crippen LogP contribution >= 0.6 is 11.6 Å². The smallest absolute Gasteiger partial charge is 0.155 e. The van der Waals surface area contributed by atoms with Gasteiger partial charge in [0, 0.05) is 12.3 Å². The summed E-state index contributed by atoms with van der Waals surface area (Å²) in [6.07, 6.45) is 2.83. The molecule has 0 fully saturated rings. The van der Waals surface area contributed by atoms with Crippen molar-refractivity contribution in [3.05, 3.63) is 29.3 Å². The number of methoxy groups -OCH3 is 1. The molecule has 2 aromatic heterocycles. The van der Waals surface area contributed by atoms with Gasteiger partial charge in [0.2, 0.25) is 0 Å². The van der Waals surface area contributed by atoms with E-state index in [0.29, 0.717) is 16.7 Å². The first kappa shape index (κ1) is 9.98. The van der Waals surface area contributed by atoms with Gasteiger partial charge in [-0.15, -0.1) is 0 Å². The number of ether oxygens (including phenoxy) is 1. The zero-order valence-corrected chi connectivity index (χ0v) is 8.86. The van der Waals surface area contributed by atoms with Crippen molar-refractivity contribution in [1.82, 2.24) is 9.38 Å². The van der Waals surface area contributed by atoms with E-state index in [0.717, 1.165) is 11.8 Å². The van der Waals surface area contributed by atoms with E-state index in [-0.39, 0.29) is 6.42 Å². The van der Waals surface area contributed by atoms with Crippen LogP contribution in [-0.2, 0) is 11.2 Å². The molecule has 4 nitrogen and oxygen atoms in total. The average molecular weight is 225 g/mol. The quantitative estimate of drug-likeness (QED) is 0.746. The van der Waals surface area contributed by atoms with Gasteiger partial charge in [-0.1, -0.05) is 11.6 Å². The second-order valence-corrected chi connectivity index (χ2v) is 3.37. The lowest BCUT2D eigenvalue weighted by Crippen LogP contribution is -1.95. The summed E-state index contributed by atoms with van der Waals surface area (Å²) in [6.45, 7) is 0. The molecule has 0 amide bonds. The summed E-state index contributed by atoms with van der Waals surface area (Å²) < 4.78 is 6.85. The number of aldehydes is 1. The Kier molecular flexibility index (Phi) is 2.60. The SMILES string of the molecule is COc1ccn2c(CC=O)nc(Cl)c2c1. The lowest BCUT2D eigenvalue weighted by molar-refractivity contribution is -0.107. The summed E-state index contributed by atoms with van der Waals surface area (Å²) in [6, 6.07) is 3.57. The predicted octanol–water partition coefficient (Wildman–Crippen LogP) is 1.74. The molecule has 5 heteroatoms. The average Bonchev–Trinajstić information content (AvgIpc) is 2.56. The first-order chi connectivity index (χ1) is 7.26. The molecule has 0 aliphatic carbocycles. The Balaban J connectivity index is 2.63. The molecule has 0 radical (unpaired) electrons. The van der Waals surface area contributed by atoms with Gasteiger partial charge in [-0.3, -0.25) is 0 Å². The fourth-order valence-corrected chi connectivity index (χ4v) is 1.68. The topological polar surface area (TPSA) is 43.6 Å². The Bertz CT molecular complexity index is 507. The minimum atomic E-state index is 0.250. The highest BCUT2D eigenvalue weighted by atomic mass is 35.5. The maximum absolute atomic E-state index is 10.4. The van der Waals surface area contributed by atoms with Crippen LogP contribution < -0.4 is 4.74 Å². The molecule has 0 atom stereocenters. The molecule has 0 bridgehead atoms. The number of pyridine rings is 1. The number of rotatable bonds is 3. The summed E-state index contributed by atoms with van der Waals surface area (Å²) in [5, 5.41) is 0.380. The molecule has 15 heavy (non-hydrogen) atoms. The summed E-state index contributed by atoms with van der Waals surface area (Å²) in [4.78, 5) is 14.5. The second kappa shape index (κ2) is 3.90. The van der Waals surface area contributed by atoms with Gasteiger partial charge in [0.15, 0.2) is 5.15 Å². The highest BCUT2D eigenvalue weighted by Crippen LogP contribution is 2.22. The summed E-state index contributed by atoms with van der Waals surface area (Å²) in [7, 11) is 1.59. The molecule has 0 saturated heterocycles. The minimum Gasteiger partial charge on any atom is -0.497 e. The van der Waals surface area contributed by atoms with Gasteiger partial charge in [-0.25, -0.2) is 4.98 Å². The van der Waals surface area contributed by atoms with Gasteiger partial charge >= 0.3 is 0 Å². The van der Waals surface area contributed by atoms with E-state index in [1.165, 1.54) is 0 Å². The van der Waals surface area contributed by atoms with E-state index in [2.05, 4.69) is 4.98 Å². The summed E-state index contributed by atoms with van der Waals surface area (Å²) >= 11 is 5.94. The number of imidazole rings is 1. The van der Waals surface area contributed by atoms with Crippen molar-refractivity contribution < 1.29 is 9.53 Å². The molecular weight excluding hydrogens is 216 g/mol. The van der Waals surface area contributed by atoms with E-state index in [4.69, 9.17) is 16.3 Å². The number of hydrogen-bond donors (Lipinski definition) is 0. The third-order valence-electron chi connectivity index (χ3n) is 2.14. The van der Waals surface area contributed by atoms with Crippen LogP contribution in [0, 0.1) is 0 Å².